The number of benzene rings is 3. The largest absolute Gasteiger partial charge is 0.481 e. The number of unbranched alkanes of at least 4 members (excludes halogenated alkanes) is 2. The molecule has 2 N–H and O–H groups in total. The maximum atomic E-state index is 10.7. The van der Waals surface area contributed by atoms with E-state index >= 15 is 0 Å². The molecular formula is C29H36N2O2. The topological polar surface area (TPSA) is 52.6 Å². The van der Waals surface area contributed by atoms with Crippen LogP contribution in [-0.4, -0.2) is 42.2 Å². The van der Waals surface area contributed by atoms with Crippen LogP contribution in [0.25, 0.3) is 10.8 Å². The van der Waals surface area contributed by atoms with Crippen molar-refractivity contribution >= 4 is 16.7 Å². The third kappa shape index (κ3) is 6.21. The van der Waals surface area contributed by atoms with Crippen molar-refractivity contribution in [2.75, 3.05) is 26.2 Å². The Morgan fingerprint density at radius 1 is 0.970 bits per heavy atom. The van der Waals surface area contributed by atoms with Crippen molar-refractivity contribution < 1.29 is 9.90 Å². The lowest BCUT2D eigenvalue weighted by Crippen LogP contribution is -2.30. The summed E-state index contributed by atoms with van der Waals surface area (Å²) in [7, 11) is 0. The van der Waals surface area contributed by atoms with Crippen LogP contribution in [0.1, 0.15) is 55.7 Å². The van der Waals surface area contributed by atoms with Crippen molar-refractivity contribution in [2.24, 2.45) is 5.92 Å². The summed E-state index contributed by atoms with van der Waals surface area (Å²) in [5.41, 5.74) is 2.79. The SMILES string of the molecule is C[C@@H](NC[C@H]1CN(CCCCCC(=O)O)C[C@@H]1c1ccccc1)c1cccc2ccccc12. The molecule has 4 rings (SSSR count). The molecule has 1 saturated heterocycles. The van der Waals surface area contributed by atoms with Gasteiger partial charge in [0.25, 0.3) is 0 Å². The fourth-order valence-electron chi connectivity index (χ4n) is 5.28. The van der Waals surface area contributed by atoms with Crippen LogP contribution in [0.2, 0.25) is 0 Å². The van der Waals surface area contributed by atoms with Gasteiger partial charge in [0.2, 0.25) is 0 Å². The minimum atomic E-state index is -0.688. The molecule has 33 heavy (non-hydrogen) atoms. The second-order valence-corrected chi connectivity index (χ2v) is 9.44. The van der Waals surface area contributed by atoms with E-state index in [1.165, 1.54) is 21.9 Å². The second-order valence-electron chi connectivity index (χ2n) is 9.44. The molecule has 174 valence electrons. The van der Waals surface area contributed by atoms with Crippen LogP contribution in [0, 0.1) is 5.92 Å². The summed E-state index contributed by atoms with van der Waals surface area (Å²) in [5, 5.41) is 15.3. The van der Waals surface area contributed by atoms with Gasteiger partial charge in [0.1, 0.15) is 0 Å². The molecule has 4 heteroatoms. The number of carbonyl (C=O) groups is 1. The molecule has 1 heterocycles. The van der Waals surface area contributed by atoms with Gasteiger partial charge in [-0.3, -0.25) is 4.79 Å². The number of nitrogens with zero attached hydrogens (tertiary/aromatic N) is 1. The van der Waals surface area contributed by atoms with Gasteiger partial charge < -0.3 is 15.3 Å². The number of fused-ring (bicyclic) bond motifs is 1. The third-order valence-corrected chi connectivity index (χ3v) is 7.09. The molecule has 3 atom stereocenters. The average Bonchev–Trinajstić information content (AvgIpc) is 3.25. The van der Waals surface area contributed by atoms with Crippen LogP contribution in [0.15, 0.2) is 72.8 Å². The van der Waals surface area contributed by atoms with E-state index in [9.17, 15) is 4.79 Å². The van der Waals surface area contributed by atoms with Crippen LogP contribution < -0.4 is 5.32 Å². The maximum Gasteiger partial charge on any atom is 0.303 e. The summed E-state index contributed by atoms with van der Waals surface area (Å²) < 4.78 is 0. The quantitative estimate of drug-likeness (QED) is 0.364. The zero-order valence-corrected chi connectivity index (χ0v) is 19.6. The lowest BCUT2D eigenvalue weighted by Gasteiger charge is -2.23. The first-order valence-electron chi connectivity index (χ1n) is 12.3. The van der Waals surface area contributed by atoms with Crippen LogP contribution in [0.3, 0.4) is 0 Å². The molecule has 4 nitrogen and oxygen atoms in total. The maximum absolute atomic E-state index is 10.7. The van der Waals surface area contributed by atoms with E-state index in [1.54, 1.807) is 0 Å². The normalized spacial score (nSPS) is 19.7. The van der Waals surface area contributed by atoms with Crippen molar-refractivity contribution in [1.29, 1.82) is 0 Å². The molecule has 1 aliphatic heterocycles. The zero-order valence-electron chi connectivity index (χ0n) is 19.6. The number of carboxylic acid groups (broad SMARTS) is 1. The van der Waals surface area contributed by atoms with Crippen molar-refractivity contribution in [1.82, 2.24) is 10.2 Å². The molecule has 0 spiro atoms. The van der Waals surface area contributed by atoms with Crippen molar-refractivity contribution in [2.45, 2.75) is 44.6 Å². The zero-order chi connectivity index (χ0) is 23.0. The molecule has 0 bridgehead atoms. The van der Waals surface area contributed by atoms with Crippen LogP contribution in [0.5, 0.6) is 0 Å². The number of hydrogen-bond acceptors (Lipinski definition) is 3. The molecule has 0 unspecified atom stereocenters. The summed E-state index contributed by atoms with van der Waals surface area (Å²) in [6.45, 7) is 6.48. The monoisotopic (exact) mass is 444 g/mol. The number of likely N-dealkylation sites (tertiary alicyclic amines) is 1. The smallest absolute Gasteiger partial charge is 0.303 e. The Bertz CT molecular complexity index is 1030. The highest BCUT2D eigenvalue weighted by Gasteiger charge is 2.33. The summed E-state index contributed by atoms with van der Waals surface area (Å²) in [6.07, 6.45) is 3.12. The second kappa shape index (κ2) is 11.4. The standard InChI is InChI=1S/C29H36N2O2/c1-22(26-16-10-14-23-13-7-8-15-27(23)26)30-19-25-20-31(18-9-3-6-17-29(32)33)21-28(25)24-11-4-2-5-12-24/h2,4-5,7-8,10-16,22,25,28,30H,3,6,9,17-21H2,1H3,(H,32,33)/t22-,25+,28-/m1/s1. The van der Waals surface area contributed by atoms with Gasteiger partial charge in [0.15, 0.2) is 0 Å². The summed E-state index contributed by atoms with van der Waals surface area (Å²) in [6, 6.07) is 26.4. The van der Waals surface area contributed by atoms with Gasteiger partial charge >= 0.3 is 5.97 Å². The molecule has 3 aromatic carbocycles. The Morgan fingerprint density at radius 2 is 1.73 bits per heavy atom. The average molecular weight is 445 g/mol. The van der Waals surface area contributed by atoms with Crippen LogP contribution >= 0.6 is 0 Å². The predicted molar refractivity (Wildman–Crippen MR) is 136 cm³/mol. The molecular weight excluding hydrogens is 408 g/mol. The summed E-state index contributed by atoms with van der Waals surface area (Å²) in [5.74, 6) is 0.396. The van der Waals surface area contributed by atoms with Crippen molar-refractivity contribution in [3.05, 3.63) is 83.9 Å². The molecule has 3 aromatic rings. The molecule has 1 fully saturated rings. The Morgan fingerprint density at radius 3 is 2.55 bits per heavy atom. The van der Waals surface area contributed by atoms with E-state index in [0.29, 0.717) is 11.8 Å². The predicted octanol–water partition coefficient (Wildman–Crippen LogP) is 5.85. The van der Waals surface area contributed by atoms with Gasteiger partial charge in [-0.1, -0.05) is 79.2 Å². The molecule has 0 radical (unpaired) electrons. The third-order valence-electron chi connectivity index (χ3n) is 7.09. The molecule has 0 aromatic heterocycles. The van der Waals surface area contributed by atoms with Gasteiger partial charge in [-0.2, -0.15) is 0 Å². The van der Waals surface area contributed by atoms with Gasteiger partial charge in [0.05, 0.1) is 0 Å². The van der Waals surface area contributed by atoms with Crippen molar-refractivity contribution in [3.63, 3.8) is 0 Å². The highest BCUT2D eigenvalue weighted by Crippen LogP contribution is 2.33. The van der Waals surface area contributed by atoms with Gasteiger partial charge in [-0.25, -0.2) is 0 Å². The first kappa shape index (κ1) is 23.5. The number of rotatable bonds is 11. The van der Waals surface area contributed by atoms with Gasteiger partial charge in [0, 0.05) is 38.0 Å². The Hall–Kier alpha value is -2.69. The van der Waals surface area contributed by atoms with E-state index in [0.717, 1.165) is 45.4 Å². The fourth-order valence-corrected chi connectivity index (χ4v) is 5.28. The Kier molecular flexibility index (Phi) is 8.14. The summed E-state index contributed by atoms with van der Waals surface area (Å²) in [4.78, 5) is 13.3. The van der Waals surface area contributed by atoms with Gasteiger partial charge in [-0.05, 0) is 54.1 Å². The van der Waals surface area contributed by atoms with E-state index in [-0.39, 0.29) is 12.5 Å². The number of nitrogens with one attached hydrogen (secondary N) is 1. The highest BCUT2D eigenvalue weighted by atomic mass is 16.4. The van der Waals surface area contributed by atoms with Crippen molar-refractivity contribution in [3.8, 4) is 0 Å². The fraction of sp³-hybridized carbons (Fsp3) is 0.414. The minimum Gasteiger partial charge on any atom is -0.481 e. The van der Waals surface area contributed by atoms with Crippen LogP contribution in [-0.2, 0) is 4.79 Å². The van der Waals surface area contributed by atoms with E-state index in [4.69, 9.17) is 5.11 Å². The lowest BCUT2D eigenvalue weighted by atomic mass is 9.88. The lowest BCUT2D eigenvalue weighted by molar-refractivity contribution is -0.137. The minimum absolute atomic E-state index is 0.283. The Labute approximate surface area is 197 Å². The number of aliphatic carboxylic acids is 1. The Balaban J connectivity index is 1.39. The molecule has 1 aliphatic rings. The van der Waals surface area contributed by atoms with E-state index < -0.39 is 5.97 Å². The number of hydrogen-bond donors (Lipinski definition) is 2. The highest BCUT2D eigenvalue weighted by molar-refractivity contribution is 5.86. The molecule has 0 aliphatic carbocycles. The first-order chi connectivity index (χ1) is 16.1. The van der Waals surface area contributed by atoms with E-state index in [2.05, 4.69) is 89.9 Å². The molecule has 0 amide bonds. The van der Waals surface area contributed by atoms with Gasteiger partial charge in [-0.15, -0.1) is 0 Å². The van der Waals surface area contributed by atoms with Crippen LogP contribution in [0.4, 0.5) is 0 Å². The summed E-state index contributed by atoms with van der Waals surface area (Å²) >= 11 is 0. The van der Waals surface area contributed by atoms with E-state index in [1.807, 2.05) is 0 Å². The number of carboxylic acids is 1. The first-order valence-corrected chi connectivity index (χ1v) is 12.3. The molecule has 0 saturated carbocycles.